The van der Waals surface area contributed by atoms with E-state index in [-0.39, 0.29) is 16.0 Å². The number of carbonyl (C=O) groups is 1. The highest BCUT2D eigenvalue weighted by Crippen LogP contribution is 2.29. The van der Waals surface area contributed by atoms with Crippen LogP contribution in [0.3, 0.4) is 0 Å². The van der Waals surface area contributed by atoms with Gasteiger partial charge in [0.25, 0.3) is 0 Å². The van der Waals surface area contributed by atoms with Crippen LogP contribution in [0, 0.1) is 0 Å². The highest BCUT2D eigenvalue weighted by molar-refractivity contribution is 7.89. The van der Waals surface area contributed by atoms with E-state index in [2.05, 4.69) is 0 Å². The van der Waals surface area contributed by atoms with Crippen LogP contribution in [-0.2, 0) is 10.0 Å². The number of aromatic carboxylic acids is 1. The Balaban J connectivity index is 3.46. The van der Waals surface area contributed by atoms with E-state index in [0.29, 0.717) is 5.69 Å². The van der Waals surface area contributed by atoms with Gasteiger partial charge in [-0.3, -0.25) is 0 Å². The highest BCUT2D eigenvalue weighted by Gasteiger charge is 2.26. The van der Waals surface area contributed by atoms with Crippen LogP contribution in [-0.4, -0.2) is 32.1 Å². The fourth-order valence-electron chi connectivity index (χ4n) is 1.72. The highest BCUT2D eigenvalue weighted by atomic mass is 32.2. The number of primary sulfonamides is 1. The molecule has 7 heteroatoms. The number of carboxylic acids is 1. The number of sulfonamides is 1. The second kappa shape index (κ2) is 5.41. The number of anilines is 1. The first-order valence-corrected chi connectivity index (χ1v) is 7.69. The Hall–Kier alpha value is -1.60. The van der Waals surface area contributed by atoms with Gasteiger partial charge in [0.15, 0.2) is 0 Å². The third kappa shape index (κ3) is 3.29. The van der Waals surface area contributed by atoms with Gasteiger partial charge in [-0.1, -0.05) is 6.92 Å². The summed E-state index contributed by atoms with van der Waals surface area (Å²) in [6, 6.07) is 3.88. The van der Waals surface area contributed by atoms with Crippen molar-refractivity contribution in [3.8, 4) is 0 Å². The van der Waals surface area contributed by atoms with Crippen molar-refractivity contribution in [2.24, 2.45) is 5.14 Å². The molecule has 20 heavy (non-hydrogen) atoms. The number of nitrogens with two attached hydrogens (primary N) is 1. The standard InChI is InChI=1S/C13H20N2O4S/c1-5-13(2,3)15(4)11-7-6-9(20(14,18)19)8-10(11)12(16)17/h6-8H,5H2,1-4H3,(H,16,17)(H2,14,18,19). The molecule has 0 amide bonds. The second-order valence-corrected chi connectivity index (χ2v) is 6.82. The average molecular weight is 300 g/mol. The largest absolute Gasteiger partial charge is 0.478 e. The van der Waals surface area contributed by atoms with Gasteiger partial charge < -0.3 is 10.0 Å². The molecule has 0 aromatic heterocycles. The van der Waals surface area contributed by atoms with Crippen LogP contribution in [0.15, 0.2) is 23.1 Å². The van der Waals surface area contributed by atoms with Crippen LogP contribution in [0.25, 0.3) is 0 Å². The van der Waals surface area contributed by atoms with Gasteiger partial charge in [0, 0.05) is 12.6 Å². The zero-order valence-electron chi connectivity index (χ0n) is 12.0. The van der Waals surface area contributed by atoms with Gasteiger partial charge in [-0.15, -0.1) is 0 Å². The van der Waals surface area contributed by atoms with Gasteiger partial charge in [-0.2, -0.15) is 0 Å². The summed E-state index contributed by atoms with van der Waals surface area (Å²) in [6.45, 7) is 5.95. The number of nitrogens with zero attached hydrogens (tertiary/aromatic N) is 1. The van der Waals surface area contributed by atoms with Crippen molar-refractivity contribution in [1.29, 1.82) is 0 Å². The Morgan fingerprint density at radius 2 is 1.95 bits per heavy atom. The maximum atomic E-state index is 11.4. The molecule has 1 aromatic rings. The van der Waals surface area contributed by atoms with Crippen molar-refractivity contribution in [2.45, 2.75) is 37.6 Å². The Labute approximate surface area is 119 Å². The molecular weight excluding hydrogens is 280 g/mol. The quantitative estimate of drug-likeness (QED) is 0.861. The van der Waals surface area contributed by atoms with Gasteiger partial charge >= 0.3 is 5.97 Å². The summed E-state index contributed by atoms with van der Waals surface area (Å²) in [5.74, 6) is -1.19. The normalized spacial score (nSPS) is 12.2. The van der Waals surface area contributed by atoms with E-state index >= 15 is 0 Å². The van der Waals surface area contributed by atoms with Gasteiger partial charge in [-0.25, -0.2) is 18.4 Å². The maximum absolute atomic E-state index is 11.4. The Bertz CT molecular complexity index is 623. The summed E-state index contributed by atoms with van der Waals surface area (Å²) >= 11 is 0. The van der Waals surface area contributed by atoms with Crippen LogP contribution in [0.5, 0.6) is 0 Å². The second-order valence-electron chi connectivity index (χ2n) is 5.25. The molecule has 0 saturated heterocycles. The molecule has 3 N–H and O–H groups in total. The van der Waals surface area contributed by atoms with Gasteiger partial charge in [-0.05, 0) is 38.5 Å². The van der Waals surface area contributed by atoms with Crippen LogP contribution in [0.4, 0.5) is 5.69 Å². The molecule has 0 aliphatic carbocycles. The van der Waals surface area contributed by atoms with Crippen LogP contribution < -0.4 is 10.0 Å². The number of hydrogen-bond acceptors (Lipinski definition) is 4. The van der Waals surface area contributed by atoms with Gasteiger partial charge in [0.1, 0.15) is 0 Å². The molecule has 0 heterocycles. The van der Waals surface area contributed by atoms with Crippen molar-refractivity contribution in [2.75, 3.05) is 11.9 Å². The smallest absolute Gasteiger partial charge is 0.337 e. The van der Waals surface area contributed by atoms with Crippen molar-refractivity contribution in [3.63, 3.8) is 0 Å². The van der Waals surface area contributed by atoms with Crippen LogP contribution in [0.2, 0.25) is 0 Å². The molecule has 6 nitrogen and oxygen atoms in total. The van der Waals surface area contributed by atoms with E-state index in [1.54, 1.807) is 7.05 Å². The molecule has 1 rings (SSSR count). The third-order valence-electron chi connectivity index (χ3n) is 3.66. The number of rotatable bonds is 5. The van der Waals surface area contributed by atoms with Crippen molar-refractivity contribution < 1.29 is 18.3 Å². The minimum atomic E-state index is -3.92. The topological polar surface area (TPSA) is 101 Å². The fourth-order valence-corrected chi connectivity index (χ4v) is 2.26. The molecule has 0 atom stereocenters. The molecule has 0 aliphatic rings. The molecule has 0 radical (unpaired) electrons. The Kier molecular flexibility index (Phi) is 4.45. The summed E-state index contributed by atoms with van der Waals surface area (Å²) in [4.78, 5) is 13.0. The van der Waals surface area contributed by atoms with Gasteiger partial charge in [0.2, 0.25) is 10.0 Å². The fraction of sp³-hybridized carbons (Fsp3) is 0.462. The van der Waals surface area contributed by atoms with Crippen molar-refractivity contribution in [1.82, 2.24) is 0 Å². The van der Waals surface area contributed by atoms with E-state index in [4.69, 9.17) is 5.14 Å². The van der Waals surface area contributed by atoms with E-state index < -0.39 is 16.0 Å². The first-order chi connectivity index (χ1) is 9.00. The lowest BCUT2D eigenvalue weighted by Crippen LogP contribution is -2.41. The lowest BCUT2D eigenvalue weighted by atomic mass is 9.98. The minimum Gasteiger partial charge on any atom is -0.478 e. The summed E-state index contributed by atoms with van der Waals surface area (Å²) in [6.07, 6.45) is 0.805. The first kappa shape index (κ1) is 16.5. The number of benzene rings is 1. The zero-order valence-corrected chi connectivity index (χ0v) is 12.9. The summed E-state index contributed by atoms with van der Waals surface area (Å²) in [5.41, 5.74) is 0.116. The maximum Gasteiger partial charge on any atom is 0.337 e. The molecule has 0 saturated carbocycles. The zero-order chi connectivity index (χ0) is 15.7. The molecule has 0 fully saturated rings. The number of carboxylic acid groups (broad SMARTS) is 1. The monoisotopic (exact) mass is 300 g/mol. The molecule has 1 aromatic carbocycles. The molecule has 0 bridgehead atoms. The minimum absolute atomic E-state index is 0.0828. The van der Waals surface area contributed by atoms with E-state index in [1.807, 2.05) is 25.7 Å². The van der Waals surface area contributed by atoms with Crippen molar-refractivity contribution in [3.05, 3.63) is 23.8 Å². The Morgan fingerprint density at radius 3 is 2.35 bits per heavy atom. The summed E-state index contributed by atoms with van der Waals surface area (Å²) in [5, 5.41) is 14.3. The summed E-state index contributed by atoms with van der Waals surface area (Å²) < 4.78 is 22.6. The lowest BCUT2D eigenvalue weighted by molar-refractivity contribution is 0.0697. The lowest BCUT2D eigenvalue weighted by Gasteiger charge is -2.37. The average Bonchev–Trinajstić information content (AvgIpc) is 2.35. The molecule has 112 valence electrons. The van der Waals surface area contributed by atoms with Gasteiger partial charge in [0.05, 0.1) is 16.1 Å². The van der Waals surface area contributed by atoms with Crippen LogP contribution >= 0.6 is 0 Å². The number of hydrogen-bond donors (Lipinski definition) is 2. The SMILES string of the molecule is CCC(C)(C)N(C)c1ccc(S(N)(=O)=O)cc1C(=O)O. The molecular formula is C13H20N2O4S. The Morgan fingerprint density at radius 1 is 1.40 bits per heavy atom. The summed E-state index contributed by atoms with van der Waals surface area (Å²) in [7, 11) is -2.14. The van der Waals surface area contributed by atoms with E-state index in [0.717, 1.165) is 12.5 Å². The molecule has 0 spiro atoms. The van der Waals surface area contributed by atoms with E-state index in [1.165, 1.54) is 12.1 Å². The molecule has 0 unspecified atom stereocenters. The van der Waals surface area contributed by atoms with E-state index in [9.17, 15) is 18.3 Å². The third-order valence-corrected chi connectivity index (χ3v) is 4.57. The first-order valence-electron chi connectivity index (χ1n) is 6.14. The molecule has 0 aliphatic heterocycles. The van der Waals surface area contributed by atoms with Crippen molar-refractivity contribution >= 4 is 21.7 Å². The predicted octanol–water partition coefficient (Wildman–Crippen LogP) is 1.66. The predicted molar refractivity (Wildman–Crippen MR) is 77.5 cm³/mol. The van der Waals surface area contributed by atoms with Crippen LogP contribution in [0.1, 0.15) is 37.6 Å².